The summed E-state index contributed by atoms with van der Waals surface area (Å²) in [6.45, 7) is 5.58. The van der Waals surface area contributed by atoms with Crippen molar-refractivity contribution in [2.75, 3.05) is 23.7 Å². The molecule has 0 saturated carbocycles. The van der Waals surface area contributed by atoms with Crippen LogP contribution in [0.15, 0.2) is 18.3 Å². The van der Waals surface area contributed by atoms with E-state index in [4.69, 9.17) is 0 Å². The lowest BCUT2D eigenvalue weighted by atomic mass is 10.2. The van der Waals surface area contributed by atoms with Gasteiger partial charge < -0.3 is 15.7 Å². The van der Waals surface area contributed by atoms with Crippen LogP contribution in [0.1, 0.15) is 26.7 Å². The first kappa shape index (κ1) is 12.8. The van der Waals surface area contributed by atoms with Gasteiger partial charge in [-0.05, 0) is 18.9 Å². The topological polar surface area (TPSA) is 57.2 Å². The molecule has 4 nitrogen and oxygen atoms in total. The van der Waals surface area contributed by atoms with E-state index in [1.807, 2.05) is 19.1 Å². The van der Waals surface area contributed by atoms with Gasteiger partial charge in [-0.1, -0.05) is 13.8 Å². The summed E-state index contributed by atoms with van der Waals surface area (Å²) < 4.78 is 0. The smallest absolute Gasteiger partial charge is 0.127 e. The molecule has 0 fully saturated rings. The van der Waals surface area contributed by atoms with Crippen LogP contribution >= 0.6 is 0 Å². The maximum Gasteiger partial charge on any atom is 0.127 e. The van der Waals surface area contributed by atoms with Gasteiger partial charge in [-0.3, -0.25) is 0 Å². The average Bonchev–Trinajstić information content (AvgIpc) is 2.34. The summed E-state index contributed by atoms with van der Waals surface area (Å²) in [4.78, 5) is 4.21. The Morgan fingerprint density at radius 3 is 2.88 bits per heavy atom. The minimum Gasteiger partial charge on any atom is -0.391 e. The Morgan fingerprint density at radius 1 is 1.38 bits per heavy atom. The Labute approximate surface area is 97.1 Å². The third kappa shape index (κ3) is 4.49. The molecule has 1 unspecified atom stereocenters. The molecule has 1 rings (SSSR count). The van der Waals surface area contributed by atoms with E-state index in [-0.39, 0.29) is 6.10 Å². The lowest BCUT2D eigenvalue weighted by molar-refractivity contribution is 0.183. The fourth-order valence-electron chi connectivity index (χ4n) is 1.27. The van der Waals surface area contributed by atoms with Crippen molar-refractivity contribution in [3.05, 3.63) is 18.3 Å². The largest absolute Gasteiger partial charge is 0.391 e. The molecule has 1 aromatic rings. The highest BCUT2D eigenvalue weighted by molar-refractivity contribution is 5.51. The van der Waals surface area contributed by atoms with Gasteiger partial charge in [0.2, 0.25) is 0 Å². The molecule has 0 radical (unpaired) electrons. The van der Waals surface area contributed by atoms with Crippen molar-refractivity contribution in [2.45, 2.75) is 32.8 Å². The molecule has 16 heavy (non-hydrogen) atoms. The van der Waals surface area contributed by atoms with Crippen LogP contribution in [-0.4, -0.2) is 29.3 Å². The number of hydrogen-bond donors (Lipinski definition) is 3. The monoisotopic (exact) mass is 223 g/mol. The molecule has 0 aromatic carbocycles. The lowest BCUT2D eigenvalue weighted by Crippen LogP contribution is -2.18. The second kappa shape index (κ2) is 7.06. The van der Waals surface area contributed by atoms with Crippen molar-refractivity contribution in [1.82, 2.24) is 4.98 Å². The molecule has 1 atom stereocenters. The van der Waals surface area contributed by atoms with Crippen LogP contribution in [0.5, 0.6) is 0 Å². The summed E-state index contributed by atoms with van der Waals surface area (Å²) in [5.74, 6) is 0.873. The maximum absolute atomic E-state index is 9.44. The Kier molecular flexibility index (Phi) is 5.64. The summed E-state index contributed by atoms with van der Waals surface area (Å²) in [5.41, 5.74) is 0.987. The molecule has 1 aromatic heterocycles. The van der Waals surface area contributed by atoms with Crippen LogP contribution in [-0.2, 0) is 0 Å². The van der Waals surface area contributed by atoms with E-state index in [9.17, 15) is 5.11 Å². The highest BCUT2D eigenvalue weighted by Crippen LogP contribution is 2.11. The molecule has 0 amide bonds. The molecule has 3 N–H and O–H groups in total. The van der Waals surface area contributed by atoms with Gasteiger partial charge in [-0.2, -0.15) is 0 Å². The molecule has 1 heterocycles. The molecule has 0 saturated heterocycles. The number of hydrogen-bond acceptors (Lipinski definition) is 4. The van der Waals surface area contributed by atoms with Crippen LogP contribution in [0, 0.1) is 0 Å². The predicted octanol–water partition coefficient (Wildman–Crippen LogP) is 2.09. The number of aliphatic hydroxyl groups excluding tert-OH is 1. The number of nitrogens with one attached hydrogen (secondary N) is 2. The summed E-state index contributed by atoms with van der Waals surface area (Å²) >= 11 is 0. The number of nitrogens with zero attached hydrogens (tertiary/aromatic N) is 1. The van der Waals surface area contributed by atoms with Gasteiger partial charge in [-0.25, -0.2) is 4.98 Å². The normalized spacial score (nSPS) is 12.2. The minimum absolute atomic E-state index is 0.291. The van der Waals surface area contributed by atoms with Crippen LogP contribution in [0.2, 0.25) is 0 Å². The quantitative estimate of drug-likeness (QED) is 0.662. The first-order valence-electron chi connectivity index (χ1n) is 5.88. The number of aliphatic hydroxyl groups is 1. The van der Waals surface area contributed by atoms with Gasteiger partial charge in [0, 0.05) is 31.0 Å². The molecule has 0 aliphatic heterocycles. The van der Waals surface area contributed by atoms with E-state index < -0.39 is 0 Å². The van der Waals surface area contributed by atoms with Crippen molar-refractivity contribution in [3.8, 4) is 0 Å². The summed E-state index contributed by atoms with van der Waals surface area (Å²) in [6, 6.07) is 3.86. The zero-order chi connectivity index (χ0) is 11.8. The van der Waals surface area contributed by atoms with Gasteiger partial charge >= 0.3 is 0 Å². The Morgan fingerprint density at radius 2 is 2.19 bits per heavy atom. The standard InChI is InChI=1S/C12H21N3O/c1-3-6-13-12-8-10(5-7-14-12)15-9-11(16)4-2/h5,7-8,11,16H,3-4,6,9H2,1-2H3,(H2,13,14,15). The molecule has 0 aliphatic carbocycles. The lowest BCUT2D eigenvalue weighted by Gasteiger charge is -2.11. The van der Waals surface area contributed by atoms with Gasteiger partial charge in [0.1, 0.15) is 5.82 Å². The second-order valence-electron chi connectivity index (χ2n) is 3.80. The van der Waals surface area contributed by atoms with Crippen molar-refractivity contribution in [2.24, 2.45) is 0 Å². The molecule has 0 aliphatic rings. The summed E-state index contributed by atoms with van der Waals surface area (Å²) in [5, 5.41) is 15.8. The number of anilines is 2. The van der Waals surface area contributed by atoms with Crippen LogP contribution in [0.25, 0.3) is 0 Å². The molecule has 0 bridgehead atoms. The Bertz CT molecular complexity index is 304. The number of rotatable bonds is 7. The van der Waals surface area contributed by atoms with E-state index in [0.717, 1.165) is 30.9 Å². The third-order valence-electron chi connectivity index (χ3n) is 2.33. The van der Waals surface area contributed by atoms with Gasteiger partial charge in [-0.15, -0.1) is 0 Å². The highest BCUT2D eigenvalue weighted by atomic mass is 16.3. The van der Waals surface area contributed by atoms with Crippen LogP contribution in [0.4, 0.5) is 11.5 Å². The third-order valence-corrected chi connectivity index (χ3v) is 2.33. The molecular weight excluding hydrogens is 202 g/mol. The SMILES string of the molecule is CCCNc1cc(NCC(O)CC)ccn1. The highest BCUT2D eigenvalue weighted by Gasteiger charge is 2.01. The molecule has 90 valence electrons. The summed E-state index contributed by atoms with van der Waals surface area (Å²) in [7, 11) is 0. The fourth-order valence-corrected chi connectivity index (χ4v) is 1.27. The Balaban J connectivity index is 2.46. The van der Waals surface area contributed by atoms with Crippen molar-refractivity contribution in [3.63, 3.8) is 0 Å². The van der Waals surface area contributed by atoms with Crippen molar-refractivity contribution >= 4 is 11.5 Å². The first-order chi connectivity index (χ1) is 7.76. The average molecular weight is 223 g/mol. The first-order valence-corrected chi connectivity index (χ1v) is 5.88. The minimum atomic E-state index is -0.291. The molecule has 4 heteroatoms. The summed E-state index contributed by atoms with van der Waals surface area (Å²) in [6.07, 6.45) is 3.31. The second-order valence-corrected chi connectivity index (χ2v) is 3.80. The van der Waals surface area contributed by atoms with Gasteiger partial charge in [0.15, 0.2) is 0 Å². The van der Waals surface area contributed by atoms with E-state index in [1.165, 1.54) is 0 Å². The predicted molar refractivity (Wildman–Crippen MR) is 67.8 cm³/mol. The maximum atomic E-state index is 9.44. The molecule has 0 spiro atoms. The zero-order valence-corrected chi connectivity index (χ0v) is 10.0. The van der Waals surface area contributed by atoms with E-state index in [1.54, 1.807) is 6.20 Å². The van der Waals surface area contributed by atoms with Gasteiger partial charge in [0.25, 0.3) is 0 Å². The Hall–Kier alpha value is -1.29. The van der Waals surface area contributed by atoms with Gasteiger partial charge in [0.05, 0.1) is 6.10 Å². The van der Waals surface area contributed by atoms with E-state index in [2.05, 4.69) is 22.5 Å². The van der Waals surface area contributed by atoms with Crippen molar-refractivity contribution < 1.29 is 5.11 Å². The zero-order valence-electron chi connectivity index (χ0n) is 10.0. The fraction of sp³-hybridized carbons (Fsp3) is 0.583. The number of aromatic nitrogens is 1. The molecular formula is C12H21N3O. The van der Waals surface area contributed by atoms with Crippen LogP contribution < -0.4 is 10.6 Å². The van der Waals surface area contributed by atoms with Crippen LogP contribution in [0.3, 0.4) is 0 Å². The van der Waals surface area contributed by atoms with E-state index >= 15 is 0 Å². The van der Waals surface area contributed by atoms with E-state index in [0.29, 0.717) is 6.54 Å². The number of pyridine rings is 1. The van der Waals surface area contributed by atoms with Crippen molar-refractivity contribution in [1.29, 1.82) is 0 Å².